The van der Waals surface area contributed by atoms with E-state index >= 15 is 0 Å². The van der Waals surface area contributed by atoms with Crippen LogP contribution >= 0.6 is 0 Å². The van der Waals surface area contributed by atoms with Crippen LogP contribution in [-0.2, 0) is 23.2 Å². The molecule has 0 amide bonds. The average molecular weight is 562 g/mol. The van der Waals surface area contributed by atoms with Crippen molar-refractivity contribution in [3.63, 3.8) is 0 Å². The Bertz CT molecular complexity index is 1360. The molecule has 0 saturated carbocycles. The second-order valence-corrected chi connectivity index (χ2v) is 18.9. The quantitative estimate of drug-likeness (QED) is 0.209. The zero-order chi connectivity index (χ0) is 24.3. The molecule has 0 saturated heterocycles. The van der Waals surface area contributed by atoms with Crippen LogP contribution in [0.25, 0.3) is 22.3 Å². The summed E-state index contributed by atoms with van der Waals surface area (Å²) >= 11 is -0.898. The third-order valence-electron chi connectivity index (χ3n) is 9.19. The van der Waals surface area contributed by atoms with Crippen LogP contribution in [0.1, 0.15) is 69.0 Å². The van der Waals surface area contributed by atoms with Gasteiger partial charge in [-0.05, 0) is 0 Å². The van der Waals surface area contributed by atoms with Gasteiger partial charge >= 0.3 is 230 Å². The number of hydrogen-bond donors (Lipinski definition) is 0. The summed E-state index contributed by atoms with van der Waals surface area (Å²) in [5, 5.41) is 3.62. The summed E-state index contributed by atoms with van der Waals surface area (Å²) in [5.74, 6) is 0. The van der Waals surface area contributed by atoms with Gasteiger partial charge in [-0.2, -0.15) is 0 Å². The number of benzene rings is 4. The number of hydrogen-bond acceptors (Lipinski definition) is 0. The molecule has 2 unspecified atom stereocenters. The predicted molar refractivity (Wildman–Crippen MR) is 152 cm³/mol. The van der Waals surface area contributed by atoms with Gasteiger partial charge in [0, 0.05) is 0 Å². The summed E-state index contributed by atoms with van der Waals surface area (Å²) in [5.41, 5.74) is 13.1. The standard InChI is InChI=1S/C34H34Si.Zr/c1-3-5-21-35(22-6-4-2,33-19-11-17-29-27-15-9-7-13-25(27)23-31(29)33)34-20-12-18-30-28-16-10-8-14-26(28)24-32(30)34;/h7-20,23-24H,3-6,21-22H2,1-2H3;. The van der Waals surface area contributed by atoms with Gasteiger partial charge < -0.3 is 0 Å². The molecule has 0 aromatic heterocycles. The van der Waals surface area contributed by atoms with Gasteiger partial charge in [0.25, 0.3) is 0 Å². The molecular weight excluding hydrogens is 528 g/mol. The first-order chi connectivity index (χ1) is 17.8. The Kier molecular flexibility index (Phi) is 5.83. The molecule has 0 N–H and O–H groups in total. The van der Waals surface area contributed by atoms with E-state index in [1.54, 1.807) is 33.4 Å². The molecule has 1 heterocycles. The first kappa shape index (κ1) is 23.1. The Labute approximate surface area is 228 Å². The van der Waals surface area contributed by atoms with E-state index in [2.05, 4.69) is 98.8 Å². The molecule has 4 aromatic carbocycles. The fourth-order valence-corrected chi connectivity index (χ4v) is 19.6. The monoisotopic (exact) mass is 560 g/mol. The third-order valence-corrected chi connectivity index (χ3v) is 19.1. The van der Waals surface area contributed by atoms with Crippen molar-refractivity contribution < 1.29 is 23.2 Å². The fourth-order valence-electron chi connectivity index (χ4n) is 7.63. The van der Waals surface area contributed by atoms with E-state index in [0.29, 0.717) is 7.25 Å². The number of rotatable bonds is 6. The van der Waals surface area contributed by atoms with Gasteiger partial charge in [0.1, 0.15) is 0 Å². The van der Waals surface area contributed by atoms with Gasteiger partial charge in [0.05, 0.1) is 0 Å². The van der Waals surface area contributed by atoms with Crippen LogP contribution in [0.15, 0.2) is 84.9 Å². The predicted octanol–water partition coefficient (Wildman–Crippen LogP) is 8.09. The normalized spacial score (nSPS) is 19.4. The van der Waals surface area contributed by atoms with Gasteiger partial charge in [-0.15, -0.1) is 0 Å². The molecule has 4 aromatic rings. The molecule has 0 radical (unpaired) electrons. The molecule has 178 valence electrons. The van der Waals surface area contributed by atoms with Crippen molar-refractivity contribution in [2.24, 2.45) is 0 Å². The fraction of sp³-hybridized carbons (Fsp3) is 0.294. The van der Waals surface area contributed by atoms with Crippen LogP contribution in [0.4, 0.5) is 0 Å². The van der Waals surface area contributed by atoms with Crippen molar-refractivity contribution in [1.82, 2.24) is 0 Å². The van der Waals surface area contributed by atoms with Crippen LogP contribution in [0.5, 0.6) is 0 Å². The van der Waals surface area contributed by atoms with Crippen molar-refractivity contribution in [1.29, 1.82) is 0 Å². The van der Waals surface area contributed by atoms with E-state index in [0.717, 1.165) is 0 Å². The van der Waals surface area contributed by atoms with Crippen molar-refractivity contribution in [2.45, 2.75) is 58.9 Å². The number of unbranched alkanes of at least 4 members (excludes halogenated alkanes) is 2. The minimum atomic E-state index is -1.97. The summed E-state index contributed by atoms with van der Waals surface area (Å²) in [4.78, 5) is 0. The van der Waals surface area contributed by atoms with E-state index in [1.165, 1.54) is 48.9 Å². The molecule has 2 aliphatic carbocycles. The Balaban J connectivity index is 1.60. The van der Waals surface area contributed by atoms with Crippen molar-refractivity contribution >= 4 is 18.4 Å². The molecule has 0 spiro atoms. The summed E-state index contributed by atoms with van der Waals surface area (Å²) in [6, 6.07) is 36.6. The Morgan fingerprint density at radius 2 is 1.00 bits per heavy atom. The summed E-state index contributed by atoms with van der Waals surface area (Å²) in [7, 11) is -1.97. The van der Waals surface area contributed by atoms with Gasteiger partial charge in [-0.1, -0.05) is 0 Å². The topological polar surface area (TPSA) is 0 Å². The molecule has 3 aliphatic rings. The van der Waals surface area contributed by atoms with Crippen LogP contribution < -0.4 is 10.4 Å². The first-order valence-electron chi connectivity index (χ1n) is 14.0. The Morgan fingerprint density at radius 3 is 1.47 bits per heavy atom. The van der Waals surface area contributed by atoms with Crippen LogP contribution in [0.2, 0.25) is 12.1 Å². The van der Waals surface area contributed by atoms with Crippen LogP contribution in [-0.4, -0.2) is 8.07 Å². The molecule has 2 heteroatoms. The average Bonchev–Trinajstić information content (AvgIpc) is 3.42. The van der Waals surface area contributed by atoms with E-state index in [9.17, 15) is 0 Å². The van der Waals surface area contributed by atoms with Gasteiger partial charge in [-0.25, -0.2) is 0 Å². The molecule has 1 aliphatic heterocycles. The van der Waals surface area contributed by atoms with Crippen molar-refractivity contribution in [3.05, 3.63) is 107 Å². The Hall–Kier alpha value is -2.02. The maximum atomic E-state index is 2.61. The molecule has 2 atom stereocenters. The molecule has 0 nitrogen and oxygen atoms in total. The van der Waals surface area contributed by atoms with Gasteiger partial charge in [0.2, 0.25) is 0 Å². The first-order valence-corrected chi connectivity index (χ1v) is 19.2. The second kappa shape index (κ2) is 9.07. The summed E-state index contributed by atoms with van der Waals surface area (Å²) in [6.07, 6.45) is 5.26. The van der Waals surface area contributed by atoms with Crippen molar-refractivity contribution in [3.8, 4) is 22.3 Å². The second-order valence-electron chi connectivity index (χ2n) is 11.0. The summed E-state index contributed by atoms with van der Waals surface area (Å²) in [6.45, 7) is 4.78. The SMILES string of the molecule is CCCC[Si]1(CCCC)c2cccc3c2[CH]([Zr][CH]2c4ccccc4-c4cccc1c42)c1ccccc1-3. The molecular formula is C34H34SiZr. The molecule has 0 bridgehead atoms. The zero-order valence-corrected chi connectivity index (χ0v) is 24.9. The van der Waals surface area contributed by atoms with E-state index in [4.69, 9.17) is 0 Å². The van der Waals surface area contributed by atoms with Gasteiger partial charge in [0.15, 0.2) is 0 Å². The maximum absolute atomic E-state index is 2.61. The van der Waals surface area contributed by atoms with Crippen molar-refractivity contribution in [2.75, 3.05) is 0 Å². The zero-order valence-electron chi connectivity index (χ0n) is 21.5. The van der Waals surface area contributed by atoms with E-state index < -0.39 is 31.3 Å². The van der Waals surface area contributed by atoms with Gasteiger partial charge in [-0.3, -0.25) is 0 Å². The van der Waals surface area contributed by atoms with E-state index in [1.807, 2.05) is 10.4 Å². The number of fused-ring (bicyclic) bond motifs is 6. The minimum absolute atomic E-state index is 0.670. The van der Waals surface area contributed by atoms with E-state index in [-0.39, 0.29) is 0 Å². The molecule has 36 heavy (non-hydrogen) atoms. The van der Waals surface area contributed by atoms with Crippen LogP contribution in [0, 0.1) is 0 Å². The molecule has 0 fully saturated rings. The third kappa shape index (κ3) is 3.20. The summed E-state index contributed by atoms with van der Waals surface area (Å²) < 4.78 is 1.34. The molecule has 7 rings (SSSR count). The van der Waals surface area contributed by atoms with Crippen LogP contribution in [0.3, 0.4) is 0 Å². The Morgan fingerprint density at radius 1 is 0.556 bits per heavy atom.